The minimum absolute atomic E-state index is 0.344. The van der Waals surface area contributed by atoms with E-state index in [1.165, 1.54) is 0 Å². The summed E-state index contributed by atoms with van der Waals surface area (Å²) in [5.41, 5.74) is 8.96. The second kappa shape index (κ2) is 5.79. The quantitative estimate of drug-likeness (QED) is 0.545. The second-order valence-corrected chi connectivity index (χ2v) is 7.97. The number of hydrogen-bond donors (Lipinski definition) is 0. The summed E-state index contributed by atoms with van der Waals surface area (Å²) in [5, 5.41) is 9.74. The molecule has 0 unspecified atom stereocenters. The van der Waals surface area contributed by atoms with Crippen LogP contribution >= 0.6 is 0 Å². The first-order valence-electron chi connectivity index (χ1n) is 10.7. The van der Waals surface area contributed by atoms with Gasteiger partial charge in [0.1, 0.15) is 7.05 Å². The molecule has 3 aromatic rings. The second-order valence-electron chi connectivity index (χ2n) is 7.97. The van der Waals surface area contributed by atoms with Crippen molar-refractivity contribution in [3.05, 3.63) is 76.0 Å². The first kappa shape index (κ1) is 14.2. The monoisotopic (exact) mass is 356 g/mol. The molecule has 0 bridgehead atoms. The first-order chi connectivity index (χ1) is 14.0. The Kier molecular flexibility index (Phi) is 3.04. The van der Waals surface area contributed by atoms with E-state index in [4.69, 9.17) is 4.11 Å². The van der Waals surface area contributed by atoms with Crippen LogP contribution in [0.3, 0.4) is 0 Å². The predicted molar refractivity (Wildman–Crippen MR) is 110 cm³/mol. The highest BCUT2D eigenvalue weighted by molar-refractivity contribution is 5.89. The van der Waals surface area contributed by atoms with Gasteiger partial charge in [0.25, 0.3) is 0 Å². The van der Waals surface area contributed by atoms with Crippen molar-refractivity contribution in [1.29, 1.82) is 5.26 Å². The summed E-state index contributed by atoms with van der Waals surface area (Å²) in [7, 11) is 1.97. The molecule has 2 aromatic carbocycles. The Balaban J connectivity index is 2.12. The third-order valence-corrected chi connectivity index (χ3v) is 5.94. The molecular formula is C25H25N2+. The van der Waals surface area contributed by atoms with E-state index in [9.17, 15) is 5.26 Å². The lowest BCUT2D eigenvalue weighted by molar-refractivity contribution is -0.666. The van der Waals surface area contributed by atoms with Crippen LogP contribution in [0.25, 0.3) is 22.4 Å². The van der Waals surface area contributed by atoms with Crippen LogP contribution in [0.4, 0.5) is 0 Å². The number of aryl methyl sites for hydroxylation is 3. The predicted octanol–water partition coefficient (Wildman–Crippen LogP) is 5.28. The third-order valence-electron chi connectivity index (χ3n) is 5.94. The largest absolute Gasteiger partial charge is 0.213 e. The number of fused-ring (bicyclic) bond motifs is 3. The van der Waals surface area contributed by atoms with Crippen molar-refractivity contribution >= 4 is 0 Å². The molecule has 2 nitrogen and oxygen atoms in total. The lowest BCUT2D eigenvalue weighted by Crippen LogP contribution is -2.35. The maximum Gasteiger partial charge on any atom is 0.213 e. The normalized spacial score (nSPS) is 15.9. The number of aromatic nitrogens is 1. The van der Waals surface area contributed by atoms with Gasteiger partial charge < -0.3 is 0 Å². The molecule has 2 heteroatoms. The SMILES string of the molecule is [2H]C([2H])([2H])c1cc(C)[n+](C)c(-c2c(C)ccc3c2C(C)(C)c2c(C#N)cccc2-3)c1. The lowest BCUT2D eigenvalue weighted by Gasteiger charge is -2.25. The zero-order chi connectivity index (χ0) is 22.0. The van der Waals surface area contributed by atoms with E-state index < -0.39 is 6.85 Å². The summed E-state index contributed by atoms with van der Waals surface area (Å²) in [4.78, 5) is 0. The number of nitrogens with zero attached hydrogens (tertiary/aromatic N) is 2. The molecule has 0 fully saturated rings. The van der Waals surface area contributed by atoms with Crippen LogP contribution in [0.2, 0.25) is 0 Å². The lowest BCUT2D eigenvalue weighted by atomic mass is 9.77. The molecule has 0 saturated heterocycles. The maximum absolute atomic E-state index is 9.74. The van der Waals surface area contributed by atoms with Gasteiger partial charge in [-0.15, -0.1) is 0 Å². The number of rotatable bonds is 1. The van der Waals surface area contributed by atoms with Crippen molar-refractivity contribution < 1.29 is 8.68 Å². The zero-order valence-electron chi connectivity index (χ0n) is 19.4. The van der Waals surface area contributed by atoms with Gasteiger partial charge in [0.2, 0.25) is 5.69 Å². The van der Waals surface area contributed by atoms with Gasteiger partial charge in [-0.2, -0.15) is 9.83 Å². The topological polar surface area (TPSA) is 27.7 Å². The van der Waals surface area contributed by atoms with Crippen molar-refractivity contribution in [2.75, 3.05) is 0 Å². The Hall–Kier alpha value is -2.92. The molecule has 0 saturated carbocycles. The summed E-state index contributed by atoms with van der Waals surface area (Å²) in [6.45, 7) is 6.14. The third kappa shape index (κ3) is 2.35. The van der Waals surface area contributed by atoms with Crippen LogP contribution in [0.15, 0.2) is 42.5 Å². The van der Waals surface area contributed by atoms with Gasteiger partial charge in [-0.3, -0.25) is 0 Å². The van der Waals surface area contributed by atoms with Gasteiger partial charge in [-0.25, -0.2) is 0 Å². The molecule has 1 heterocycles. The van der Waals surface area contributed by atoms with Crippen LogP contribution in [0.5, 0.6) is 0 Å². The van der Waals surface area contributed by atoms with Crippen LogP contribution in [-0.2, 0) is 12.5 Å². The van der Waals surface area contributed by atoms with Crippen molar-refractivity contribution in [2.45, 2.75) is 40.0 Å². The smallest absolute Gasteiger partial charge is 0.199 e. The zero-order valence-corrected chi connectivity index (χ0v) is 16.4. The molecule has 0 N–H and O–H groups in total. The van der Waals surface area contributed by atoms with Crippen molar-refractivity contribution in [3.8, 4) is 28.5 Å². The number of pyridine rings is 1. The van der Waals surface area contributed by atoms with Crippen molar-refractivity contribution in [3.63, 3.8) is 0 Å². The maximum atomic E-state index is 9.74. The van der Waals surface area contributed by atoms with Crippen LogP contribution < -0.4 is 4.57 Å². The van der Waals surface area contributed by atoms with Gasteiger partial charge >= 0.3 is 0 Å². The standard InChI is InChI=1S/C25H25N2/c1-15-12-17(3)27(6)21(13-15)22-16(2)10-11-20-19-9-7-8-18(14-26)23(19)25(4,5)24(20)22/h7-13H,1-6H3/q+1/i1D3. The number of nitriles is 1. The van der Waals surface area contributed by atoms with E-state index >= 15 is 0 Å². The fourth-order valence-corrected chi connectivity index (χ4v) is 4.62. The highest BCUT2D eigenvalue weighted by atomic mass is 14.9. The van der Waals surface area contributed by atoms with Gasteiger partial charge in [0.15, 0.2) is 5.69 Å². The molecule has 134 valence electrons. The summed E-state index contributed by atoms with van der Waals surface area (Å²) >= 11 is 0. The molecule has 1 aliphatic rings. The van der Waals surface area contributed by atoms with Crippen LogP contribution in [0, 0.1) is 32.0 Å². The molecule has 1 aliphatic carbocycles. The minimum Gasteiger partial charge on any atom is -0.199 e. The minimum atomic E-state index is -2.17. The molecule has 1 aromatic heterocycles. The average molecular weight is 357 g/mol. The Morgan fingerprint density at radius 3 is 2.48 bits per heavy atom. The fourth-order valence-electron chi connectivity index (χ4n) is 4.62. The highest BCUT2D eigenvalue weighted by Gasteiger charge is 2.41. The van der Waals surface area contributed by atoms with Crippen molar-refractivity contribution in [1.82, 2.24) is 0 Å². The molecule has 0 atom stereocenters. The molecule has 0 radical (unpaired) electrons. The van der Waals surface area contributed by atoms with Gasteiger partial charge in [0.05, 0.1) is 17.2 Å². The van der Waals surface area contributed by atoms with Crippen LogP contribution in [-0.4, -0.2) is 0 Å². The summed E-state index contributed by atoms with van der Waals surface area (Å²) in [6, 6.07) is 16.0. The Labute approximate surface area is 165 Å². The molecule has 27 heavy (non-hydrogen) atoms. The summed E-state index contributed by atoms with van der Waals surface area (Å²) in [6.07, 6.45) is 0. The Bertz CT molecular complexity index is 1240. The highest BCUT2D eigenvalue weighted by Crippen LogP contribution is 2.53. The molecule has 0 spiro atoms. The van der Waals surface area contributed by atoms with Gasteiger partial charge in [-0.05, 0) is 53.2 Å². The number of hydrogen-bond acceptors (Lipinski definition) is 1. The van der Waals surface area contributed by atoms with E-state index in [2.05, 4.69) is 49.6 Å². The Morgan fingerprint density at radius 1 is 1.04 bits per heavy atom. The fraction of sp³-hybridized carbons (Fsp3) is 0.280. The molecular weight excluding hydrogens is 328 g/mol. The van der Waals surface area contributed by atoms with Gasteiger partial charge in [0, 0.05) is 28.6 Å². The van der Waals surface area contributed by atoms with E-state index in [-0.39, 0.29) is 5.41 Å². The molecule has 4 rings (SSSR count). The summed E-state index contributed by atoms with van der Waals surface area (Å²) < 4.78 is 25.8. The average Bonchev–Trinajstić information content (AvgIpc) is 2.91. The summed E-state index contributed by atoms with van der Waals surface area (Å²) in [5.74, 6) is 0. The first-order valence-corrected chi connectivity index (χ1v) is 9.18. The molecule has 0 amide bonds. The van der Waals surface area contributed by atoms with E-state index in [0.717, 1.165) is 44.8 Å². The Morgan fingerprint density at radius 2 is 1.78 bits per heavy atom. The van der Waals surface area contributed by atoms with Gasteiger partial charge in [-0.1, -0.05) is 38.1 Å². The van der Waals surface area contributed by atoms with E-state index in [0.29, 0.717) is 11.1 Å². The molecule has 0 aliphatic heterocycles. The van der Waals surface area contributed by atoms with Crippen molar-refractivity contribution in [2.24, 2.45) is 7.05 Å². The van der Waals surface area contributed by atoms with E-state index in [1.807, 2.05) is 26.1 Å². The van der Waals surface area contributed by atoms with Crippen LogP contribution in [0.1, 0.15) is 51.5 Å². The van der Waals surface area contributed by atoms with E-state index in [1.54, 1.807) is 12.1 Å². The number of benzene rings is 2.